The van der Waals surface area contributed by atoms with Crippen LogP contribution in [0.1, 0.15) is 55.8 Å². The first kappa shape index (κ1) is 17.2. The molecule has 1 aromatic rings. The fourth-order valence-corrected chi connectivity index (χ4v) is 2.73. The molecule has 1 N–H and O–H groups in total. The van der Waals surface area contributed by atoms with Gasteiger partial charge in [0.1, 0.15) is 0 Å². The zero-order valence-corrected chi connectivity index (χ0v) is 13.5. The normalized spacial score (nSPS) is 14.5. The Labute approximate surface area is 136 Å². The molecule has 1 amide bonds. The second-order valence-corrected chi connectivity index (χ2v) is 5.92. The molecule has 1 saturated carbocycles. The number of carbonyl (C=O) groups is 3. The van der Waals surface area contributed by atoms with E-state index >= 15 is 0 Å². The second kappa shape index (κ2) is 8.46. The van der Waals surface area contributed by atoms with E-state index in [9.17, 15) is 14.4 Å². The van der Waals surface area contributed by atoms with E-state index in [1.54, 1.807) is 31.2 Å². The molecule has 23 heavy (non-hydrogen) atoms. The van der Waals surface area contributed by atoms with Gasteiger partial charge < -0.3 is 10.1 Å². The first-order chi connectivity index (χ1) is 11.1. The zero-order chi connectivity index (χ0) is 16.7. The van der Waals surface area contributed by atoms with Crippen LogP contribution in [-0.2, 0) is 14.3 Å². The van der Waals surface area contributed by atoms with Crippen LogP contribution in [0.4, 0.5) is 5.69 Å². The first-order valence-electron chi connectivity index (χ1n) is 8.17. The number of anilines is 1. The Morgan fingerprint density at radius 1 is 1.13 bits per heavy atom. The SMILES string of the molecule is CCC(=O)Nc1ccc(C(=O)COC(=O)CC2CCCC2)cc1. The van der Waals surface area contributed by atoms with Crippen molar-refractivity contribution in [1.82, 2.24) is 0 Å². The van der Waals surface area contributed by atoms with Gasteiger partial charge in [0.25, 0.3) is 0 Å². The molecule has 124 valence electrons. The number of ether oxygens (including phenoxy) is 1. The van der Waals surface area contributed by atoms with Gasteiger partial charge in [-0.3, -0.25) is 14.4 Å². The fraction of sp³-hybridized carbons (Fsp3) is 0.500. The molecule has 1 aromatic carbocycles. The van der Waals surface area contributed by atoms with Crippen molar-refractivity contribution < 1.29 is 19.1 Å². The van der Waals surface area contributed by atoms with Gasteiger partial charge >= 0.3 is 5.97 Å². The van der Waals surface area contributed by atoms with E-state index in [4.69, 9.17) is 4.74 Å². The Kier molecular flexibility index (Phi) is 6.32. The minimum atomic E-state index is -0.294. The molecule has 1 fully saturated rings. The molecule has 1 aliphatic rings. The number of hydrogen-bond acceptors (Lipinski definition) is 4. The van der Waals surface area contributed by atoms with Crippen LogP contribution in [0, 0.1) is 5.92 Å². The highest BCUT2D eigenvalue weighted by Gasteiger charge is 2.20. The molecule has 0 bridgehead atoms. The van der Waals surface area contributed by atoms with Gasteiger partial charge in [-0.25, -0.2) is 0 Å². The first-order valence-corrected chi connectivity index (χ1v) is 8.17. The Bertz CT molecular complexity index is 559. The van der Waals surface area contributed by atoms with Crippen molar-refractivity contribution in [2.24, 2.45) is 5.92 Å². The number of carbonyl (C=O) groups excluding carboxylic acids is 3. The predicted molar refractivity (Wildman–Crippen MR) is 87.2 cm³/mol. The minimum Gasteiger partial charge on any atom is -0.457 e. The molecule has 2 rings (SSSR count). The average molecular weight is 317 g/mol. The topological polar surface area (TPSA) is 72.5 Å². The number of ketones is 1. The highest BCUT2D eigenvalue weighted by molar-refractivity contribution is 5.98. The summed E-state index contributed by atoms with van der Waals surface area (Å²) in [6.45, 7) is 1.54. The Morgan fingerprint density at radius 2 is 1.78 bits per heavy atom. The van der Waals surface area contributed by atoms with E-state index < -0.39 is 0 Å². The van der Waals surface area contributed by atoms with Crippen LogP contribution in [0.2, 0.25) is 0 Å². The number of amides is 1. The van der Waals surface area contributed by atoms with Crippen LogP contribution in [0.15, 0.2) is 24.3 Å². The van der Waals surface area contributed by atoms with Crippen molar-refractivity contribution in [3.63, 3.8) is 0 Å². The quantitative estimate of drug-likeness (QED) is 0.618. The summed E-state index contributed by atoms with van der Waals surface area (Å²) < 4.78 is 5.07. The lowest BCUT2D eigenvalue weighted by Gasteiger charge is -2.09. The summed E-state index contributed by atoms with van der Waals surface area (Å²) in [6, 6.07) is 6.58. The van der Waals surface area contributed by atoms with Crippen molar-refractivity contribution in [1.29, 1.82) is 0 Å². The van der Waals surface area contributed by atoms with Crippen molar-refractivity contribution in [3.05, 3.63) is 29.8 Å². The summed E-state index contributed by atoms with van der Waals surface area (Å²) in [5.41, 5.74) is 1.11. The molecule has 5 heteroatoms. The van der Waals surface area contributed by atoms with Gasteiger partial charge in [-0.15, -0.1) is 0 Å². The lowest BCUT2D eigenvalue weighted by molar-refractivity contribution is -0.143. The van der Waals surface area contributed by atoms with Crippen molar-refractivity contribution >= 4 is 23.3 Å². The van der Waals surface area contributed by atoms with Gasteiger partial charge in [-0.05, 0) is 43.0 Å². The number of esters is 1. The van der Waals surface area contributed by atoms with E-state index in [1.165, 1.54) is 12.8 Å². The summed E-state index contributed by atoms with van der Waals surface area (Å²) in [5, 5.41) is 2.71. The summed E-state index contributed by atoms with van der Waals surface area (Å²) >= 11 is 0. The highest BCUT2D eigenvalue weighted by atomic mass is 16.5. The molecule has 0 radical (unpaired) electrons. The lowest BCUT2D eigenvalue weighted by atomic mass is 10.0. The van der Waals surface area contributed by atoms with Gasteiger partial charge in [-0.1, -0.05) is 19.8 Å². The van der Waals surface area contributed by atoms with E-state index in [1.807, 2.05) is 0 Å². The van der Waals surface area contributed by atoms with Crippen LogP contribution >= 0.6 is 0 Å². The third kappa shape index (κ3) is 5.51. The number of benzene rings is 1. The minimum absolute atomic E-state index is 0.0788. The predicted octanol–water partition coefficient (Wildman–Crippen LogP) is 3.34. The summed E-state index contributed by atoms with van der Waals surface area (Å²) in [7, 11) is 0. The fourth-order valence-electron chi connectivity index (χ4n) is 2.73. The average Bonchev–Trinajstić information content (AvgIpc) is 3.06. The van der Waals surface area contributed by atoms with Gasteiger partial charge in [0, 0.05) is 24.1 Å². The Morgan fingerprint density at radius 3 is 2.39 bits per heavy atom. The van der Waals surface area contributed by atoms with Crippen LogP contribution in [0.3, 0.4) is 0 Å². The number of Topliss-reactive ketones (excluding diaryl/α,β-unsaturated/α-hetero) is 1. The van der Waals surface area contributed by atoms with Crippen LogP contribution in [0.25, 0.3) is 0 Å². The third-order valence-corrected chi connectivity index (χ3v) is 4.11. The van der Waals surface area contributed by atoms with Gasteiger partial charge in [-0.2, -0.15) is 0 Å². The smallest absolute Gasteiger partial charge is 0.306 e. The van der Waals surface area contributed by atoms with E-state index in [0.717, 1.165) is 12.8 Å². The standard InChI is InChI=1S/C18H23NO4/c1-2-17(21)19-15-9-7-14(8-10-15)16(20)12-23-18(22)11-13-5-3-4-6-13/h7-10,13H,2-6,11-12H2,1H3,(H,19,21). The molecule has 5 nitrogen and oxygen atoms in total. The number of nitrogens with one attached hydrogen (secondary N) is 1. The van der Waals surface area contributed by atoms with Crippen molar-refractivity contribution in [3.8, 4) is 0 Å². The Balaban J connectivity index is 1.78. The molecule has 0 saturated heterocycles. The van der Waals surface area contributed by atoms with Gasteiger partial charge in [0.05, 0.1) is 0 Å². The summed E-state index contributed by atoms with van der Waals surface area (Å²) in [6.07, 6.45) is 5.32. The maximum Gasteiger partial charge on any atom is 0.306 e. The molecule has 0 spiro atoms. The maximum absolute atomic E-state index is 12.0. The second-order valence-electron chi connectivity index (χ2n) is 5.92. The van der Waals surface area contributed by atoms with Crippen LogP contribution in [-0.4, -0.2) is 24.3 Å². The lowest BCUT2D eigenvalue weighted by Crippen LogP contribution is -2.16. The van der Waals surface area contributed by atoms with E-state index in [-0.39, 0.29) is 24.3 Å². The molecule has 1 aliphatic carbocycles. The van der Waals surface area contributed by atoms with Crippen molar-refractivity contribution in [2.75, 3.05) is 11.9 Å². The third-order valence-electron chi connectivity index (χ3n) is 4.11. The van der Waals surface area contributed by atoms with Crippen LogP contribution < -0.4 is 5.32 Å². The molecule has 0 aliphatic heterocycles. The van der Waals surface area contributed by atoms with Gasteiger partial charge in [0.2, 0.25) is 5.91 Å². The molecular weight excluding hydrogens is 294 g/mol. The highest BCUT2D eigenvalue weighted by Crippen LogP contribution is 2.27. The van der Waals surface area contributed by atoms with E-state index in [2.05, 4.69) is 5.32 Å². The van der Waals surface area contributed by atoms with Gasteiger partial charge in [0.15, 0.2) is 12.4 Å². The van der Waals surface area contributed by atoms with Crippen molar-refractivity contribution in [2.45, 2.75) is 45.4 Å². The van der Waals surface area contributed by atoms with E-state index in [0.29, 0.717) is 30.0 Å². The monoisotopic (exact) mass is 317 g/mol. The largest absolute Gasteiger partial charge is 0.457 e. The Hall–Kier alpha value is -2.17. The molecule has 0 unspecified atom stereocenters. The summed E-state index contributed by atoms with van der Waals surface area (Å²) in [4.78, 5) is 35.0. The summed E-state index contributed by atoms with van der Waals surface area (Å²) in [5.74, 6) is -0.195. The molecule has 0 heterocycles. The zero-order valence-electron chi connectivity index (χ0n) is 13.5. The van der Waals surface area contributed by atoms with Crippen LogP contribution in [0.5, 0.6) is 0 Å². The maximum atomic E-state index is 12.0. The molecule has 0 aromatic heterocycles. The number of hydrogen-bond donors (Lipinski definition) is 1. The number of rotatable bonds is 7. The molecular formula is C18H23NO4. The molecule has 0 atom stereocenters.